The van der Waals surface area contributed by atoms with Gasteiger partial charge < -0.3 is 14.8 Å². The van der Waals surface area contributed by atoms with Gasteiger partial charge in [0.1, 0.15) is 12.1 Å². The number of nitrogens with one attached hydrogen (secondary N) is 1. The van der Waals surface area contributed by atoms with E-state index < -0.39 is 11.6 Å². The molecule has 0 bridgehead atoms. The van der Waals surface area contributed by atoms with Gasteiger partial charge in [-0.1, -0.05) is 23.7 Å². The van der Waals surface area contributed by atoms with Crippen LogP contribution in [-0.4, -0.2) is 50.0 Å². The van der Waals surface area contributed by atoms with E-state index in [1.807, 2.05) is 0 Å². The Labute approximate surface area is 194 Å². The smallest absolute Gasteiger partial charge is 0.260 e. The van der Waals surface area contributed by atoms with E-state index in [9.17, 15) is 14.4 Å². The van der Waals surface area contributed by atoms with Crippen LogP contribution in [0.3, 0.4) is 0 Å². The summed E-state index contributed by atoms with van der Waals surface area (Å²) >= 11 is 6.30. The van der Waals surface area contributed by atoms with Crippen molar-refractivity contribution < 1.29 is 9.59 Å². The molecule has 0 unspecified atom stereocenters. The lowest BCUT2D eigenvalue weighted by Crippen LogP contribution is -2.37. The number of halogens is 1. The third kappa shape index (κ3) is 4.07. The highest BCUT2D eigenvalue weighted by Crippen LogP contribution is 2.24. The molecule has 4 aromatic rings. The molecule has 0 radical (unpaired) electrons. The molecule has 0 saturated heterocycles. The van der Waals surface area contributed by atoms with Crippen LogP contribution in [0.1, 0.15) is 34.7 Å². The van der Waals surface area contributed by atoms with Gasteiger partial charge in [0, 0.05) is 32.2 Å². The number of aryl methyl sites for hydroxylation is 1. The monoisotopic (exact) mass is 466 g/mol. The van der Waals surface area contributed by atoms with Crippen LogP contribution >= 0.6 is 11.6 Å². The normalized spacial score (nSPS) is 12.2. The third-order valence-electron chi connectivity index (χ3n) is 5.50. The lowest BCUT2D eigenvalue weighted by molar-refractivity contribution is -0.129. The zero-order valence-electron chi connectivity index (χ0n) is 18.7. The van der Waals surface area contributed by atoms with Gasteiger partial charge in [0.25, 0.3) is 11.5 Å². The zero-order chi connectivity index (χ0) is 23.9. The molecule has 0 saturated carbocycles. The second kappa shape index (κ2) is 8.67. The lowest BCUT2D eigenvalue weighted by Gasteiger charge is -2.22. The number of rotatable bonds is 5. The highest BCUT2D eigenvalue weighted by molar-refractivity contribution is 6.35. The van der Waals surface area contributed by atoms with Crippen LogP contribution < -0.4 is 10.9 Å². The highest BCUT2D eigenvalue weighted by Gasteiger charge is 2.23. The SMILES string of the molecule is Cc1nn2cccnc2c1C(=O)N[C@@H](C)c1cc2cccc(Cl)c2c(=O)n1CC(=O)N(C)C. The van der Waals surface area contributed by atoms with Crippen molar-refractivity contribution in [3.05, 3.63) is 75.1 Å². The second-order valence-corrected chi connectivity index (χ2v) is 8.40. The molecule has 0 spiro atoms. The number of hydrogen-bond donors (Lipinski definition) is 1. The predicted molar refractivity (Wildman–Crippen MR) is 126 cm³/mol. The van der Waals surface area contributed by atoms with Crippen molar-refractivity contribution in [3.8, 4) is 0 Å². The molecule has 0 fully saturated rings. The largest absolute Gasteiger partial charge is 0.347 e. The fraction of sp³-hybridized carbons (Fsp3) is 0.261. The topological polar surface area (TPSA) is 102 Å². The van der Waals surface area contributed by atoms with Crippen LogP contribution in [0.25, 0.3) is 16.4 Å². The summed E-state index contributed by atoms with van der Waals surface area (Å²) in [7, 11) is 3.24. The molecule has 3 heterocycles. The molecule has 1 aromatic carbocycles. The van der Waals surface area contributed by atoms with Crippen molar-refractivity contribution >= 4 is 39.8 Å². The number of amides is 2. The Hall–Kier alpha value is -3.72. The van der Waals surface area contributed by atoms with Gasteiger partial charge in [-0.05, 0) is 37.4 Å². The summed E-state index contributed by atoms with van der Waals surface area (Å²) in [6.45, 7) is 3.31. The van der Waals surface area contributed by atoms with Crippen molar-refractivity contribution in [2.45, 2.75) is 26.4 Å². The Morgan fingerprint density at radius 2 is 2.00 bits per heavy atom. The van der Waals surface area contributed by atoms with E-state index in [0.29, 0.717) is 38.4 Å². The van der Waals surface area contributed by atoms with E-state index in [0.717, 1.165) is 0 Å². The van der Waals surface area contributed by atoms with E-state index in [4.69, 9.17) is 11.6 Å². The number of carbonyl (C=O) groups is 2. The molecule has 0 aliphatic rings. The van der Waals surface area contributed by atoms with Gasteiger partial charge in [0.05, 0.1) is 22.1 Å². The Morgan fingerprint density at radius 3 is 2.73 bits per heavy atom. The van der Waals surface area contributed by atoms with Gasteiger partial charge in [0.2, 0.25) is 5.91 Å². The number of nitrogens with zero attached hydrogens (tertiary/aromatic N) is 5. The molecule has 3 aromatic heterocycles. The minimum absolute atomic E-state index is 0.181. The number of pyridine rings is 1. The molecule has 4 rings (SSSR count). The summed E-state index contributed by atoms with van der Waals surface area (Å²) in [6, 6.07) is 8.07. The number of benzene rings is 1. The number of fused-ring (bicyclic) bond motifs is 2. The van der Waals surface area contributed by atoms with Crippen LogP contribution in [0.15, 0.2) is 47.5 Å². The second-order valence-electron chi connectivity index (χ2n) is 8.00. The van der Waals surface area contributed by atoms with E-state index in [-0.39, 0.29) is 18.4 Å². The van der Waals surface area contributed by atoms with Gasteiger partial charge in [0.15, 0.2) is 5.65 Å². The lowest BCUT2D eigenvalue weighted by atomic mass is 10.1. The van der Waals surface area contributed by atoms with E-state index in [1.165, 1.54) is 9.47 Å². The average Bonchev–Trinajstić information content (AvgIpc) is 3.10. The summed E-state index contributed by atoms with van der Waals surface area (Å²) in [5, 5.41) is 8.52. The van der Waals surface area contributed by atoms with Gasteiger partial charge in [-0.15, -0.1) is 0 Å². The molecule has 33 heavy (non-hydrogen) atoms. The molecule has 2 amide bonds. The van der Waals surface area contributed by atoms with Crippen LogP contribution in [0, 0.1) is 6.92 Å². The minimum atomic E-state index is -0.596. The van der Waals surface area contributed by atoms with Gasteiger partial charge in [-0.25, -0.2) is 9.50 Å². The van der Waals surface area contributed by atoms with E-state index in [2.05, 4.69) is 15.4 Å². The molecule has 0 aliphatic heterocycles. The van der Waals surface area contributed by atoms with Crippen molar-refractivity contribution in [2.24, 2.45) is 0 Å². The van der Waals surface area contributed by atoms with Crippen molar-refractivity contribution in [1.29, 1.82) is 0 Å². The number of hydrogen-bond acceptors (Lipinski definition) is 5. The first-order valence-electron chi connectivity index (χ1n) is 10.3. The molecule has 0 aliphatic carbocycles. The fourth-order valence-electron chi connectivity index (χ4n) is 3.78. The summed E-state index contributed by atoms with van der Waals surface area (Å²) in [4.78, 5) is 44.7. The van der Waals surface area contributed by atoms with E-state index >= 15 is 0 Å². The van der Waals surface area contributed by atoms with Crippen LogP contribution in [0.4, 0.5) is 0 Å². The van der Waals surface area contributed by atoms with Crippen LogP contribution in [0.2, 0.25) is 5.02 Å². The van der Waals surface area contributed by atoms with Gasteiger partial charge in [-0.3, -0.25) is 14.4 Å². The fourth-order valence-corrected chi connectivity index (χ4v) is 4.04. The first-order valence-corrected chi connectivity index (χ1v) is 10.7. The summed E-state index contributed by atoms with van der Waals surface area (Å²) < 4.78 is 2.90. The molecule has 1 atom stereocenters. The highest BCUT2D eigenvalue weighted by atomic mass is 35.5. The average molecular weight is 467 g/mol. The van der Waals surface area contributed by atoms with Crippen molar-refractivity contribution in [1.82, 2.24) is 29.4 Å². The first kappa shape index (κ1) is 22.5. The standard InChI is InChI=1S/C23H23ClN6O3/c1-13(26-22(32)19-14(2)27-30-10-6-9-25-21(19)30)17-11-15-7-5-8-16(24)20(15)23(33)29(17)12-18(31)28(3)4/h5-11,13H,12H2,1-4H3,(H,26,32)/t13-/m0/s1. The Balaban J connectivity index is 1.79. The maximum Gasteiger partial charge on any atom is 0.260 e. The zero-order valence-corrected chi connectivity index (χ0v) is 19.4. The Kier molecular flexibility index (Phi) is 5.90. The number of carbonyl (C=O) groups excluding carboxylic acids is 2. The van der Waals surface area contributed by atoms with E-state index in [1.54, 1.807) is 75.2 Å². The number of likely N-dealkylation sites (N-methyl/N-ethyl adjacent to an activating group) is 1. The summed E-state index contributed by atoms with van der Waals surface area (Å²) in [5.41, 5.74) is 1.41. The molecule has 9 nitrogen and oxygen atoms in total. The minimum Gasteiger partial charge on any atom is -0.347 e. The number of aromatic nitrogens is 4. The van der Waals surface area contributed by atoms with Crippen molar-refractivity contribution in [2.75, 3.05) is 14.1 Å². The summed E-state index contributed by atoms with van der Waals surface area (Å²) in [5.74, 6) is -0.635. The van der Waals surface area contributed by atoms with Gasteiger partial charge in [-0.2, -0.15) is 5.10 Å². The molecule has 10 heteroatoms. The summed E-state index contributed by atoms with van der Waals surface area (Å²) in [6.07, 6.45) is 3.31. The molecular formula is C23H23ClN6O3. The van der Waals surface area contributed by atoms with Crippen LogP contribution in [0.5, 0.6) is 0 Å². The van der Waals surface area contributed by atoms with Gasteiger partial charge >= 0.3 is 0 Å². The molecular weight excluding hydrogens is 444 g/mol. The molecule has 1 N–H and O–H groups in total. The molecule has 170 valence electrons. The third-order valence-corrected chi connectivity index (χ3v) is 5.82. The maximum absolute atomic E-state index is 13.3. The maximum atomic E-state index is 13.3. The first-order chi connectivity index (χ1) is 15.7. The Morgan fingerprint density at radius 1 is 1.24 bits per heavy atom. The van der Waals surface area contributed by atoms with Crippen molar-refractivity contribution in [3.63, 3.8) is 0 Å². The predicted octanol–water partition coefficient (Wildman–Crippen LogP) is 2.59. The Bertz CT molecular complexity index is 1460. The quantitative estimate of drug-likeness (QED) is 0.487. The van der Waals surface area contributed by atoms with Crippen LogP contribution in [-0.2, 0) is 11.3 Å².